The molecule has 1 unspecified atom stereocenters. The van der Waals surface area contributed by atoms with Crippen molar-refractivity contribution in [2.45, 2.75) is 26.3 Å². The van der Waals surface area contributed by atoms with Gasteiger partial charge in [0.25, 0.3) is 0 Å². The molecule has 0 saturated heterocycles. The van der Waals surface area contributed by atoms with Crippen LogP contribution in [0, 0.1) is 13.8 Å². The van der Waals surface area contributed by atoms with Crippen molar-refractivity contribution in [3.8, 4) is 0 Å². The highest BCUT2D eigenvalue weighted by molar-refractivity contribution is 9.10. The molecule has 0 amide bonds. The van der Waals surface area contributed by atoms with Crippen LogP contribution in [-0.2, 0) is 6.42 Å². The number of nitrogens with one attached hydrogen (secondary N) is 1. The lowest BCUT2D eigenvalue weighted by Gasteiger charge is -2.14. The van der Waals surface area contributed by atoms with Gasteiger partial charge in [-0.3, -0.25) is 0 Å². The van der Waals surface area contributed by atoms with Crippen molar-refractivity contribution in [2.75, 3.05) is 7.05 Å². The molecule has 1 heterocycles. The number of aryl methyl sites for hydroxylation is 2. The van der Waals surface area contributed by atoms with Crippen LogP contribution in [0.1, 0.15) is 28.5 Å². The first-order chi connectivity index (χ1) is 8.60. The third kappa shape index (κ3) is 3.03. The number of furan rings is 1. The van der Waals surface area contributed by atoms with Gasteiger partial charge in [0.1, 0.15) is 5.76 Å². The quantitative estimate of drug-likeness (QED) is 0.917. The van der Waals surface area contributed by atoms with E-state index in [2.05, 4.69) is 53.3 Å². The van der Waals surface area contributed by atoms with Crippen LogP contribution in [0.3, 0.4) is 0 Å². The molecule has 2 nitrogen and oxygen atoms in total. The zero-order valence-electron chi connectivity index (χ0n) is 11.0. The fourth-order valence-corrected chi connectivity index (χ4v) is 2.35. The highest BCUT2D eigenvalue weighted by atomic mass is 79.9. The summed E-state index contributed by atoms with van der Waals surface area (Å²) in [4.78, 5) is 0. The van der Waals surface area contributed by atoms with E-state index in [9.17, 15) is 0 Å². The Morgan fingerprint density at radius 2 is 1.94 bits per heavy atom. The number of rotatable bonds is 4. The minimum Gasteiger partial charge on any atom is -0.453 e. The maximum Gasteiger partial charge on any atom is 0.169 e. The molecule has 0 aliphatic carbocycles. The van der Waals surface area contributed by atoms with Gasteiger partial charge in [-0.2, -0.15) is 0 Å². The first kappa shape index (κ1) is 13.4. The molecule has 0 aliphatic rings. The van der Waals surface area contributed by atoms with E-state index in [1.165, 1.54) is 16.7 Å². The largest absolute Gasteiger partial charge is 0.453 e. The fraction of sp³-hybridized carbons (Fsp3) is 0.333. The normalized spacial score (nSPS) is 12.7. The molecule has 0 spiro atoms. The molecule has 2 aromatic rings. The van der Waals surface area contributed by atoms with Crippen molar-refractivity contribution in [1.29, 1.82) is 0 Å². The van der Waals surface area contributed by atoms with Crippen molar-refractivity contribution < 1.29 is 4.42 Å². The summed E-state index contributed by atoms with van der Waals surface area (Å²) in [6.45, 7) is 4.29. The molecule has 2 rings (SSSR count). The monoisotopic (exact) mass is 307 g/mol. The number of benzene rings is 1. The lowest BCUT2D eigenvalue weighted by Crippen LogP contribution is -2.18. The van der Waals surface area contributed by atoms with E-state index >= 15 is 0 Å². The van der Waals surface area contributed by atoms with Gasteiger partial charge in [-0.15, -0.1) is 0 Å². The Labute approximate surface area is 117 Å². The Morgan fingerprint density at radius 3 is 2.50 bits per heavy atom. The minimum atomic E-state index is 0.207. The van der Waals surface area contributed by atoms with Crippen LogP contribution in [-0.4, -0.2) is 7.05 Å². The topological polar surface area (TPSA) is 25.2 Å². The number of halogens is 1. The van der Waals surface area contributed by atoms with Gasteiger partial charge in [0.15, 0.2) is 4.67 Å². The Hall–Kier alpha value is -1.06. The number of likely N-dealkylation sites (N-methyl/N-ethyl adjacent to an activating group) is 1. The second-order valence-electron chi connectivity index (χ2n) is 4.61. The summed E-state index contributed by atoms with van der Waals surface area (Å²) in [6.07, 6.45) is 0.928. The molecular formula is C15H18BrNO. The Kier molecular flexibility index (Phi) is 4.25. The first-order valence-electron chi connectivity index (χ1n) is 6.09. The van der Waals surface area contributed by atoms with Crippen LogP contribution < -0.4 is 5.32 Å². The lowest BCUT2D eigenvalue weighted by molar-refractivity contribution is 0.416. The van der Waals surface area contributed by atoms with E-state index < -0.39 is 0 Å². The summed E-state index contributed by atoms with van der Waals surface area (Å²) in [7, 11) is 1.96. The average Bonchev–Trinajstić information content (AvgIpc) is 2.77. The second kappa shape index (κ2) is 5.72. The van der Waals surface area contributed by atoms with Gasteiger partial charge in [-0.25, -0.2) is 0 Å². The van der Waals surface area contributed by atoms with Crippen molar-refractivity contribution in [3.05, 3.63) is 57.5 Å². The van der Waals surface area contributed by atoms with Crippen LogP contribution in [0.2, 0.25) is 0 Å². The molecular weight excluding hydrogens is 290 g/mol. The van der Waals surface area contributed by atoms with E-state index in [0.717, 1.165) is 16.9 Å². The zero-order valence-corrected chi connectivity index (χ0v) is 12.5. The lowest BCUT2D eigenvalue weighted by atomic mass is 10.00. The van der Waals surface area contributed by atoms with Gasteiger partial charge in [-0.1, -0.05) is 18.2 Å². The van der Waals surface area contributed by atoms with Gasteiger partial charge in [0, 0.05) is 0 Å². The first-order valence-corrected chi connectivity index (χ1v) is 6.88. The summed E-state index contributed by atoms with van der Waals surface area (Å²) < 4.78 is 6.39. The van der Waals surface area contributed by atoms with Crippen LogP contribution in [0.5, 0.6) is 0 Å². The van der Waals surface area contributed by atoms with Crippen molar-refractivity contribution >= 4 is 15.9 Å². The summed E-state index contributed by atoms with van der Waals surface area (Å²) in [5.41, 5.74) is 3.99. The van der Waals surface area contributed by atoms with Crippen LogP contribution >= 0.6 is 15.9 Å². The predicted molar refractivity (Wildman–Crippen MR) is 77.8 cm³/mol. The molecule has 0 saturated carbocycles. The van der Waals surface area contributed by atoms with Crippen LogP contribution in [0.4, 0.5) is 0 Å². The average molecular weight is 308 g/mol. The minimum absolute atomic E-state index is 0.207. The summed E-state index contributed by atoms with van der Waals surface area (Å²) in [6, 6.07) is 10.8. The molecule has 0 fully saturated rings. The summed E-state index contributed by atoms with van der Waals surface area (Å²) in [5, 5.41) is 3.30. The predicted octanol–water partition coefficient (Wildman–Crippen LogP) is 4.16. The molecule has 1 aromatic carbocycles. The van der Waals surface area contributed by atoms with E-state index in [-0.39, 0.29) is 6.04 Å². The van der Waals surface area contributed by atoms with Crippen LogP contribution in [0.25, 0.3) is 0 Å². The SMILES string of the molecule is CNC(Cc1ccc(C)c(C)c1)c1ccc(Br)o1. The molecule has 3 heteroatoms. The molecule has 18 heavy (non-hydrogen) atoms. The highest BCUT2D eigenvalue weighted by Gasteiger charge is 2.14. The Balaban J connectivity index is 2.17. The third-order valence-electron chi connectivity index (χ3n) is 3.30. The van der Waals surface area contributed by atoms with E-state index in [1.54, 1.807) is 0 Å². The number of hydrogen-bond acceptors (Lipinski definition) is 2. The van der Waals surface area contributed by atoms with Crippen LogP contribution in [0.15, 0.2) is 39.4 Å². The molecule has 0 bridgehead atoms. The second-order valence-corrected chi connectivity index (χ2v) is 5.39. The third-order valence-corrected chi connectivity index (χ3v) is 3.72. The van der Waals surface area contributed by atoms with Gasteiger partial charge in [0.05, 0.1) is 6.04 Å². The summed E-state index contributed by atoms with van der Waals surface area (Å²) in [5.74, 6) is 0.961. The highest BCUT2D eigenvalue weighted by Crippen LogP contribution is 2.24. The van der Waals surface area contributed by atoms with Crippen molar-refractivity contribution in [1.82, 2.24) is 5.32 Å². The Morgan fingerprint density at radius 1 is 1.17 bits per heavy atom. The molecule has 1 atom stereocenters. The standard InChI is InChI=1S/C15H18BrNO/c1-10-4-5-12(8-11(10)2)9-13(17-3)14-6-7-15(16)18-14/h4-8,13,17H,9H2,1-3H3. The van der Waals surface area contributed by atoms with E-state index in [4.69, 9.17) is 4.42 Å². The van der Waals surface area contributed by atoms with Crippen molar-refractivity contribution in [2.24, 2.45) is 0 Å². The van der Waals surface area contributed by atoms with Crippen molar-refractivity contribution in [3.63, 3.8) is 0 Å². The molecule has 1 N–H and O–H groups in total. The molecule has 96 valence electrons. The fourth-order valence-electron chi connectivity index (χ4n) is 2.03. The molecule has 1 aromatic heterocycles. The Bertz CT molecular complexity index is 533. The van der Waals surface area contributed by atoms with Gasteiger partial charge >= 0.3 is 0 Å². The van der Waals surface area contributed by atoms with Gasteiger partial charge in [-0.05, 0) is 72.1 Å². The number of hydrogen-bond donors (Lipinski definition) is 1. The molecule has 0 aliphatic heterocycles. The smallest absolute Gasteiger partial charge is 0.169 e. The zero-order chi connectivity index (χ0) is 13.1. The maximum atomic E-state index is 5.62. The van der Waals surface area contributed by atoms with Gasteiger partial charge < -0.3 is 9.73 Å². The molecule has 0 radical (unpaired) electrons. The van der Waals surface area contributed by atoms with Gasteiger partial charge in [0.2, 0.25) is 0 Å². The van der Waals surface area contributed by atoms with E-state index in [0.29, 0.717) is 0 Å². The summed E-state index contributed by atoms with van der Waals surface area (Å²) >= 11 is 3.34. The van der Waals surface area contributed by atoms with E-state index in [1.807, 2.05) is 19.2 Å². The maximum absolute atomic E-state index is 5.62.